The number of benzene rings is 4. The molecule has 4 rings (SSSR count). The summed E-state index contributed by atoms with van der Waals surface area (Å²) in [5, 5.41) is 14.8. The van der Waals surface area contributed by atoms with Crippen molar-refractivity contribution in [2.75, 3.05) is 0 Å². The Morgan fingerprint density at radius 2 is 1.07 bits per heavy atom. The Kier molecular flexibility index (Phi) is 5.67. The first kappa shape index (κ1) is 19.3. The maximum atomic E-state index is 12.2. The number of carbonyl (C=O) groups excluding carboxylic acids is 1. The predicted octanol–water partition coefficient (Wildman–Crippen LogP) is 3.88. The summed E-state index contributed by atoms with van der Waals surface area (Å²) in [6.07, 6.45) is 0.644. The summed E-state index contributed by atoms with van der Waals surface area (Å²) in [5.41, 5.74) is -0.513. The predicted molar refractivity (Wildman–Crippen MR) is 121 cm³/mol. The van der Waals surface area contributed by atoms with E-state index in [1.165, 1.54) is 10.6 Å². The van der Waals surface area contributed by atoms with Crippen molar-refractivity contribution in [3.63, 3.8) is 0 Å². The van der Waals surface area contributed by atoms with E-state index in [9.17, 15) is 9.90 Å². The highest BCUT2D eigenvalue weighted by atomic mass is 31.1. The molecule has 0 fully saturated rings. The molecule has 2 nitrogen and oxygen atoms in total. The number of rotatable bonds is 6. The van der Waals surface area contributed by atoms with Crippen LogP contribution in [-0.4, -0.2) is 11.4 Å². The third-order valence-electron chi connectivity index (χ3n) is 4.97. The second-order valence-corrected chi connectivity index (χ2v) is 8.96. The number of aldehydes is 1. The van der Waals surface area contributed by atoms with Crippen LogP contribution in [0.5, 0.6) is 0 Å². The highest BCUT2D eigenvalue weighted by molar-refractivity contribution is 7.79. The van der Waals surface area contributed by atoms with Gasteiger partial charge in [0.15, 0.2) is 11.9 Å². The highest BCUT2D eigenvalue weighted by Crippen LogP contribution is 2.38. The molecule has 4 aromatic rings. The van der Waals surface area contributed by atoms with Gasteiger partial charge in [0.05, 0.1) is 0 Å². The minimum absolute atomic E-state index is 0.568. The molecule has 0 bridgehead atoms. The molecular weight excluding hydrogens is 375 g/mol. The fourth-order valence-corrected chi connectivity index (χ4v) is 6.07. The van der Waals surface area contributed by atoms with Crippen LogP contribution in [0.4, 0.5) is 0 Å². The van der Waals surface area contributed by atoms with Crippen LogP contribution >= 0.6 is 7.92 Å². The van der Waals surface area contributed by atoms with Gasteiger partial charge in [0.25, 0.3) is 0 Å². The Labute approximate surface area is 172 Å². The molecule has 0 aliphatic heterocycles. The van der Waals surface area contributed by atoms with Crippen molar-refractivity contribution in [1.82, 2.24) is 0 Å². The zero-order valence-electron chi connectivity index (χ0n) is 15.8. The lowest BCUT2D eigenvalue weighted by atomic mass is 9.88. The van der Waals surface area contributed by atoms with E-state index in [0.717, 1.165) is 5.30 Å². The Hall–Kier alpha value is -3.06. The average Bonchev–Trinajstić information content (AvgIpc) is 2.81. The van der Waals surface area contributed by atoms with Crippen LogP contribution in [0.15, 0.2) is 115 Å². The second kappa shape index (κ2) is 8.53. The first-order valence-corrected chi connectivity index (χ1v) is 10.8. The van der Waals surface area contributed by atoms with Crippen LogP contribution in [0.3, 0.4) is 0 Å². The van der Waals surface area contributed by atoms with Gasteiger partial charge in [-0.05, 0) is 29.4 Å². The van der Waals surface area contributed by atoms with E-state index < -0.39 is 13.5 Å². The van der Waals surface area contributed by atoms with Crippen LogP contribution in [0.1, 0.15) is 11.1 Å². The van der Waals surface area contributed by atoms with Gasteiger partial charge in [-0.15, -0.1) is 0 Å². The molecule has 3 heteroatoms. The number of carbonyl (C=O) groups is 1. The van der Waals surface area contributed by atoms with Gasteiger partial charge in [-0.25, -0.2) is 0 Å². The summed E-state index contributed by atoms with van der Waals surface area (Å²) in [4.78, 5) is 12.2. The van der Waals surface area contributed by atoms with Crippen LogP contribution in [0.2, 0.25) is 0 Å². The number of hydrogen-bond donors (Lipinski definition) is 1. The van der Waals surface area contributed by atoms with Crippen LogP contribution < -0.4 is 15.9 Å². The van der Waals surface area contributed by atoms with Crippen molar-refractivity contribution in [2.45, 2.75) is 5.60 Å². The monoisotopic (exact) mass is 396 g/mol. The summed E-state index contributed by atoms with van der Waals surface area (Å²) in [5.74, 6) is 0. The Morgan fingerprint density at radius 3 is 1.59 bits per heavy atom. The molecule has 0 heterocycles. The molecule has 1 atom stereocenters. The Bertz CT molecular complexity index is 1040. The Balaban J connectivity index is 1.96. The number of aliphatic hydroxyl groups is 1. The molecule has 1 unspecified atom stereocenters. The first-order chi connectivity index (χ1) is 14.2. The molecule has 0 aromatic heterocycles. The molecule has 0 aliphatic rings. The molecule has 0 amide bonds. The second-order valence-electron chi connectivity index (χ2n) is 6.77. The van der Waals surface area contributed by atoms with E-state index >= 15 is 0 Å². The lowest BCUT2D eigenvalue weighted by molar-refractivity contribution is -0.121. The standard InChI is InChI=1S/C26H21O2P/c27-20-26(28,21-12-4-1-5-13-21)24-18-10-11-19-25(24)29(22-14-6-2-7-15-22)23-16-8-3-9-17-23/h1-20,28H. The highest BCUT2D eigenvalue weighted by Gasteiger charge is 2.35. The van der Waals surface area contributed by atoms with Crippen molar-refractivity contribution in [3.05, 3.63) is 126 Å². The molecule has 0 saturated carbocycles. The van der Waals surface area contributed by atoms with E-state index in [1.54, 1.807) is 12.1 Å². The summed E-state index contributed by atoms with van der Waals surface area (Å²) in [6.45, 7) is 0. The SMILES string of the molecule is O=CC(O)(c1ccccc1)c1ccccc1P(c1ccccc1)c1ccccc1. The van der Waals surface area contributed by atoms with Gasteiger partial charge in [0.1, 0.15) is 0 Å². The van der Waals surface area contributed by atoms with E-state index in [2.05, 4.69) is 24.3 Å². The smallest absolute Gasteiger partial charge is 0.171 e. The molecule has 0 saturated heterocycles. The van der Waals surface area contributed by atoms with Crippen molar-refractivity contribution in [1.29, 1.82) is 0 Å². The van der Waals surface area contributed by atoms with Crippen molar-refractivity contribution < 1.29 is 9.90 Å². The van der Waals surface area contributed by atoms with Gasteiger partial charge in [0.2, 0.25) is 0 Å². The van der Waals surface area contributed by atoms with Gasteiger partial charge in [-0.2, -0.15) is 0 Å². The van der Waals surface area contributed by atoms with Gasteiger partial charge >= 0.3 is 0 Å². The topological polar surface area (TPSA) is 37.3 Å². The average molecular weight is 396 g/mol. The molecule has 29 heavy (non-hydrogen) atoms. The third-order valence-corrected chi connectivity index (χ3v) is 7.47. The minimum Gasteiger partial charge on any atom is -0.373 e. The summed E-state index contributed by atoms with van der Waals surface area (Å²) in [7, 11) is -0.946. The maximum Gasteiger partial charge on any atom is 0.171 e. The van der Waals surface area contributed by atoms with Crippen LogP contribution in [-0.2, 0) is 10.4 Å². The molecule has 142 valence electrons. The van der Waals surface area contributed by atoms with Gasteiger partial charge < -0.3 is 5.11 Å². The normalized spacial score (nSPS) is 13.0. The summed E-state index contributed by atoms with van der Waals surface area (Å²) < 4.78 is 0. The molecular formula is C26H21O2P. The quantitative estimate of drug-likeness (QED) is 0.397. The van der Waals surface area contributed by atoms with Crippen molar-refractivity contribution in [3.8, 4) is 0 Å². The lowest BCUT2D eigenvalue weighted by Gasteiger charge is -2.29. The number of hydrogen-bond acceptors (Lipinski definition) is 2. The van der Waals surface area contributed by atoms with Gasteiger partial charge in [0, 0.05) is 5.56 Å². The van der Waals surface area contributed by atoms with Crippen molar-refractivity contribution >= 4 is 30.1 Å². The Morgan fingerprint density at radius 1 is 0.621 bits per heavy atom. The van der Waals surface area contributed by atoms with E-state index in [0.29, 0.717) is 17.4 Å². The molecule has 0 radical (unpaired) electrons. The van der Waals surface area contributed by atoms with Crippen LogP contribution in [0.25, 0.3) is 0 Å². The van der Waals surface area contributed by atoms with Crippen LogP contribution in [0, 0.1) is 0 Å². The fourth-order valence-electron chi connectivity index (χ4n) is 3.55. The third kappa shape index (κ3) is 3.78. The molecule has 4 aromatic carbocycles. The van der Waals surface area contributed by atoms with E-state index in [1.807, 2.05) is 78.9 Å². The fraction of sp³-hybridized carbons (Fsp3) is 0.0385. The zero-order valence-corrected chi connectivity index (χ0v) is 16.7. The van der Waals surface area contributed by atoms with E-state index in [-0.39, 0.29) is 0 Å². The molecule has 0 spiro atoms. The van der Waals surface area contributed by atoms with Crippen molar-refractivity contribution in [2.24, 2.45) is 0 Å². The largest absolute Gasteiger partial charge is 0.373 e. The zero-order chi connectivity index (χ0) is 20.1. The van der Waals surface area contributed by atoms with Gasteiger partial charge in [-0.1, -0.05) is 115 Å². The maximum absolute atomic E-state index is 12.2. The summed E-state index contributed by atoms with van der Waals surface area (Å²) >= 11 is 0. The first-order valence-electron chi connectivity index (χ1n) is 9.48. The molecule has 0 aliphatic carbocycles. The summed E-state index contributed by atoms with van der Waals surface area (Å²) in [6, 6.07) is 37.4. The minimum atomic E-state index is -1.71. The van der Waals surface area contributed by atoms with Gasteiger partial charge in [-0.3, -0.25) is 4.79 Å². The molecule has 1 N–H and O–H groups in total. The van der Waals surface area contributed by atoms with E-state index in [4.69, 9.17) is 0 Å². The lowest BCUT2D eigenvalue weighted by Crippen LogP contribution is -2.36.